The number of halogens is 2. The molecule has 0 fully saturated rings. The van der Waals surface area contributed by atoms with Crippen LogP contribution in [0.4, 0.5) is 10.1 Å². The van der Waals surface area contributed by atoms with Gasteiger partial charge in [0, 0.05) is 5.69 Å². The lowest BCUT2D eigenvalue weighted by molar-refractivity contribution is 0.102. The first kappa shape index (κ1) is 17.2. The molecule has 128 valence electrons. The lowest BCUT2D eigenvalue weighted by atomic mass is 10.0. The topological polar surface area (TPSA) is 55.1 Å². The summed E-state index contributed by atoms with van der Waals surface area (Å²) in [6, 6.07) is 9.91. The fourth-order valence-electron chi connectivity index (χ4n) is 2.61. The second kappa shape index (κ2) is 6.69. The van der Waals surface area contributed by atoms with Crippen LogP contribution in [-0.2, 0) is 0 Å². The summed E-state index contributed by atoms with van der Waals surface area (Å²) in [6.45, 7) is 5.48. The molecular formula is C19H16ClFN2O2. The van der Waals surface area contributed by atoms with Crippen molar-refractivity contribution in [1.29, 1.82) is 0 Å². The van der Waals surface area contributed by atoms with E-state index in [0.717, 1.165) is 11.1 Å². The van der Waals surface area contributed by atoms with Gasteiger partial charge < -0.3 is 9.84 Å². The Bertz CT molecular complexity index is 946. The summed E-state index contributed by atoms with van der Waals surface area (Å²) in [4.78, 5) is 12.8. The quantitative estimate of drug-likeness (QED) is 0.690. The second-order valence-corrected chi connectivity index (χ2v) is 6.17. The molecule has 0 unspecified atom stereocenters. The van der Waals surface area contributed by atoms with Gasteiger partial charge in [-0.05, 0) is 50.1 Å². The molecule has 1 heterocycles. The number of nitrogens with one attached hydrogen (secondary N) is 1. The second-order valence-electron chi connectivity index (χ2n) is 5.76. The minimum absolute atomic E-state index is 0.0483. The van der Waals surface area contributed by atoms with Crippen LogP contribution in [0.3, 0.4) is 0 Å². The number of hydrogen-bond acceptors (Lipinski definition) is 3. The van der Waals surface area contributed by atoms with Gasteiger partial charge in [0.25, 0.3) is 5.91 Å². The molecule has 0 aliphatic heterocycles. The predicted molar refractivity (Wildman–Crippen MR) is 95.5 cm³/mol. The number of aryl methyl sites for hydroxylation is 2. The van der Waals surface area contributed by atoms with Crippen LogP contribution in [0.5, 0.6) is 0 Å². The molecule has 0 spiro atoms. The Kier molecular flexibility index (Phi) is 4.59. The van der Waals surface area contributed by atoms with Crippen molar-refractivity contribution in [2.45, 2.75) is 20.8 Å². The van der Waals surface area contributed by atoms with Crippen molar-refractivity contribution in [2.24, 2.45) is 0 Å². The Morgan fingerprint density at radius 1 is 1.16 bits per heavy atom. The zero-order valence-corrected chi connectivity index (χ0v) is 14.7. The van der Waals surface area contributed by atoms with Crippen molar-refractivity contribution in [2.75, 3.05) is 5.32 Å². The number of aromatic nitrogens is 1. The first-order chi connectivity index (χ1) is 11.9. The molecule has 0 aliphatic carbocycles. The predicted octanol–water partition coefficient (Wildman–Crippen LogP) is 5.31. The third-order valence-corrected chi connectivity index (χ3v) is 4.46. The largest absolute Gasteiger partial charge is 0.360 e. The number of rotatable bonds is 3. The third-order valence-electron chi connectivity index (χ3n) is 4.14. The van der Waals surface area contributed by atoms with E-state index in [1.165, 1.54) is 18.2 Å². The summed E-state index contributed by atoms with van der Waals surface area (Å²) in [7, 11) is 0. The first-order valence-electron chi connectivity index (χ1n) is 7.68. The van der Waals surface area contributed by atoms with Gasteiger partial charge in [0.15, 0.2) is 0 Å². The molecule has 0 atom stereocenters. The van der Waals surface area contributed by atoms with Crippen LogP contribution in [-0.4, -0.2) is 11.1 Å². The SMILES string of the molecule is Cc1cccc(NC(=O)c2c(-c3c(F)cccc3Cl)noc2C)c1C. The van der Waals surface area contributed by atoms with Gasteiger partial charge in [0.1, 0.15) is 22.8 Å². The number of hydrogen-bond donors (Lipinski definition) is 1. The average molecular weight is 359 g/mol. The van der Waals surface area contributed by atoms with E-state index in [1.807, 2.05) is 26.0 Å². The number of anilines is 1. The van der Waals surface area contributed by atoms with Crippen LogP contribution in [0, 0.1) is 26.6 Å². The average Bonchev–Trinajstić information content (AvgIpc) is 2.93. The highest BCUT2D eigenvalue weighted by atomic mass is 35.5. The highest BCUT2D eigenvalue weighted by Gasteiger charge is 2.25. The van der Waals surface area contributed by atoms with E-state index in [4.69, 9.17) is 16.1 Å². The molecule has 0 aliphatic rings. The zero-order valence-electron chi connectivity index (χ0n) is 14.0. The maximum atomic E-state index is 14.2. The van der Waals surface area contributed by atoms with Crippen molar-refractivity contribution in [3.05, 3.63) is 69.7 Å². The Balaban J connectivity index is 2.05. The summed E-state index contributed by atoms with van der Waals surface area (Å²) in [6.07, 6.45) is 0. The van der Waals surface area contributed by atoms with Crippen LogP contribution in [0.15, 0.2) is 40.9 Å². The lowest BCUT2D eigenvalue weighted by Crippen LogP contribution is -2.14. The monoisotopic (exact) mass is 358 g/mol. The summed E-state index contributed by atoms with van der Waals surface area (Å²) in [5, 5.41) is 6.85. The van der Waals surface area contributed by atoms with Crippen molar-refractivity contribution in [3.8, 4) is 11.3 Å². The Hall–Kier alpha value is -2.66. The number of amides is 1. The maximum Gasteiger partial charge on any atom is 0.261 e. The third kappa shape index (κ3) is 3.15. The van der Waals surface area contributed by atoms with E-state index in [0.29, 0.717) is 5.69 Å². The molecule has 6 heteroatoms. The smallest absolute Gasteiger partial charge is 0.261 e. The van der Waals surface area contributed by atoms with Gasteiger partial charge in [-0.1, -0.05) is 35.0 Å². The van der Waals surface area contributed by atoms with Crippen LogP contribution in [0.1, 0.15) is 27.2 Å². The van der Waals surface area contributed by atoms with Crippen LogP contribution < -0.4 is 5.32 Å². The molecule has 1 N–H and O–H groups in total. The zero-order chi connectivity index (χ0) is 18.1. The fraction of sp³-hybridized carbons (Fsp3) is 0.158. The van der Waals surface area contributed by atoms with Crippen LogP contribution >= 0.6 is 11.6 Å². The summed E-state index contributed by atoms with van der Waals surface area (Å²) in [5.41, 5.74) is 2.98. The van der Waals surface area contributed by atoms with E-state index in [9.17, 15) is 9.18 Å². The number of nitrogens with zero attached hydrogens (tertiary/aromatic N) is 1. The van der Waals surface area contributed by atoms with Gasteiger partial charge in [-0.2, -0.15) is 0 Å². The van der Waals surface area contributed by atoms with Crippen molar-refractivity contribution in [3.63, 3.8) is 0 Å². The van der Waals surface area contributed by atoms with E-state index < -0.39 is 11.7 Å². The van der Waals surface area contributed by atoms with Gasteiger partial charge >= 0.3 is 0 Å². The summed E-state index contributed by atoms with van der Waals surface area (Å²) < 4.78 is 19.4. The van der Waals surface area contributed by atoms with Crippen molar-refractivity contribution in [1.82, 2.24) is 5.16 Å². The van der Waals surface area contributed by atoms with Crippen molar-refractivity contribution >= 4 is 23.2 Å². The Morgan fingerprint density at radius 2 is 1.88 bits per heavy atom. The van der Waals surface area contributed by atoms with Crippen LogP contribution in [0.2, 0.25) is 5.02 Å². The van der Waals surface area contributed by atoms with Gasteiger partial charge in [-0.15, -0.1) is 0 Å². The van der Waals surface area contributed by atoms with Crippen molar-refractivity contribution < 1.29 is 13.7 Å². The first-order valence-corrected chi connectivity index (χ1v) is 8.06. The molecular weight excluding hydrogens is 343 g/mol. The standard InChI is InChI=1S/C19H16ClFN2O2/c1-10-6-4-9-15(11(10)2)22-19(24)16-12(3)25-23-18(16)17-13(20)7-5-8-14(17)21/h4-9H,1-3H3,(H,22,24). The molecule has 0 radical (unpaired) electrons. The molecule has 1 aromatic heterocycles. The van der Waals surface area contributed by atoms with Gasteiger partial charge in [0.2, 0.25) is 0 Å². The van der Waals surface area contributed by atoms with Gasteiger partial charge in [-0.3, -0.25) is 4.79 Å². The molecule has 3 aromatic rings. The van der Waals surface area contributed by atoms with E-state index in [-0.39, 0.29) is 27.6 Å². The molecule has 3 rings (SSSR count). The Morgan fingerprint density at radius 3 is 2.60 bits per heavy atom. The highest BCUT2D eigenvalue weighted by Crippen LogP contribution is 2.34. The minimum Gasteiger partial charge on any atom is -0.360 e. The number of carbonyl (C=O) groups excluding carboxylic acids is 1. The van der Waals surface area contributed by atoms with E-state index in [1.54, 1.807) is 13.0 Å². The van der Waals surface area contributed by atoms with Crippen LogP contribution in [0.25, 0.3) is 11.3 Å². The minimum atomic E-state index is -0.568. The fourth-order valence-corrected chi connectivity index (χ4v) is 2.86. The highest BCUT2D eigenvalue weighted by molar-refractivity contribution is 6.33. The molecule has 2 aromatic carbocycles. The molecule has 0 saturated carbocycles. The molecule has 4 nitrogen and oxygen atoms in total. The number of carbonyl (C=O) groups is 1. The normalized spacial score (nSPS) is 10.8. The summed E-state index contributed by atoms with van der Waals surface area (Å²) in [5.74, 6) is -0.708. The molecule has 0 saturated heterocycles. The summed E-state index contributed by atoms with van der Waals surface area (Å²) >= 11 is 6.10. The molecule has 1 amide bonds. The van der Waals surface area contributed by atoms with E-state index in [2.05, 4.69) is 10.5 Å². The lowest BCUT2D eigenvalue weighted by Gasteiger charge is -2.11. The van der Waals surface area contributed by atoms with Gasteiger partial charge in [-0.25, -0.2) is 4.39 Å². The van der Waals surface area contributed by atoms with E-state index >= 15 is 0 Å². The maximum absolute atomic E-state index is 14.2. The van der Waals surface area contributed by atoms with Gasteiger partial charge in [0.05, 0.1) is 10.6 Å². The Labute approximate surface area is 149 Å². The molecule has 25 heavy (non-hydrogen) atoms. The number of benzene rings is 2. The molecule has 0 bridgehead atoms.